The van der Waals surface area contributed by atoms with Crippen molar-refractivity contribution in [3.05, 3.63) is 131 Å². The molecule has 1 radical (unpaired) electrons. The van der Waals surface area contributed by atoms with E-state index in [4.69, 9.17) is 0 Å². The van der Waals surface area contributed by atoms with Crippen LogP contribution in [0.25, 0.3) is 22.8 Å². The maximum atomic E-state index is 4.12. The fourth-order valence-corrected chi connectivity index (χ4v) is 4.71. The van der Waals surface area contributed by atoms with E-state index in [2.05, 4.69) is 117 Å². The summed E-state index contributed by atoms with van der Waals surface area (Å²) in [6, 6.07) is 22.6. The van der Waals surface area contributed by atoms with Gasteiger partial charge in [-0.2, -0.15) is 58.7 Å². The molecule has 8 heteroatoms. The Labute approximate surface area is 275 Å². The van der Waals surface area contributed by atoms with Gasteiger partial charge in [0, 0.05) is 61.0 Å². The van der Waals surface area contributed by atoms with Crippen molar-refractivity contribution in [2.45, 2.75) is 55.4 Å². The quantitative estimate of drug-likeness (QED) is 0.180. The summed E-state index contributed by atoms with van der Waals surface area (Å²) in [5.41, 5.74) is 13.7. The molecule has 0 aliphatic rings. The molecule has 0 amide bonds. The second kappa shape index (κ2) is 15.0. The second-order valence-corrected chi connectivity index (χ2v) is 10.9. The minimum Gasteiger partial charge on any atom is -0.574 e. The molecule has 0 aliphatic heterocycles. The van der Waals surface area contributed by atoms with Gasteiger partial charge in [-0.3, -0.25) is 4.98 Å². The first-order chi connectivity index (χ1) is 20.5. The third-order valence-corrected chi connectivity index (χ3v) is 7.57. The first-order valence-corrected chi connectivity index (χ1v) is 14.3. The number of imidazole rings is 2. The molecule has 0 atom stereocenters. The van der Waals surface area contributed by atoms with Crippen LogP contribution in [0.4, 0.5) is 0 Å². The van der Waals surface area contributed by atoms with Gasteiger partial charge in [0.1, 0.15) is 0 Å². The maximum Gasteiger partial charge on any atom is 0.241 e. The summed E-state index contributed by atoms with van der Waals surface area (Å²) in [5, 5.41) is 7.58. The number of hydrogen-bond acceptors (Lipinski definition) is 2. The first kappa shape index (κ1) is 34.4. The number of pyridine rings is 1. The van der Waals surface area contributed by atoms with Crippen LogP contribution in [0, 0.1) is 80.2 Å². The third kappa shape index (κ3) is 7.87. The zero-order valence-corrected chi connectivity index (χ0v) is 29.6. The van der Waals surface area contributed by atoms with Gasteiger partial charge in [-0.15, -0.1) is 0 Å². The average molecular weight is 763 g/mol. The predicted octanol–water partition coefficient (Wildman–Crippen LogP) is 5.37. The van der Waals surface area contributed by atoms with Crippen molar-refractivity contribution < 1.29 is 29.2 Å². The summed E-state index contributed by atoms with van der Waals surface area (Å²) in [4.78, 5) is 4.12. The molecule has 0 fully saturated rings. The van der Waals surface area contributed by atoms with Crippen molar-refractivity contribution in [1.29, 1.82) is 0 Å². The standard InChI is InChI=1S/2C14H17N2.C8H6N3.Ir/c2*1-10-6-7-14(11(2)8-10)16-9-15(5)12(3)13(16)4;1-2-5-9-7(3-1)8-4-6-10-11-8;/h2*6,8H,1-5H3;1-6H;/q3*-1;. The van der Waals surface area contributed by atoms with Gasteiger partial charge in [0.05, 0.1) is 14.1 Å². The number of aryl methyl sites for hydroxylation is 6. The zero-order chi connectivity index (χ0) is 31.3. The minimum absolute atomic E-state index is 0. The molecule has 0 saturated carbocycles. The van der Waals surface area contributed by atoms with Crippen molar-refractivity contribution in [2.75, 3.05) is 0 Å². The molecule has 0 unspecified atom stereocenters. The van der Waals surface area contributed by atoms with E-state index in [1.165, 1.54) is 45.0 Å². The number of nitrogens with zero attached hydrogens (tertiary/aromatic N) is 7. The van der Waals surface area contributed by atoms with E-state index >= 15 is 0 Å². The molecule has 231 valence electrons. The van der Waals surface area contributed by atoms with Crippen LogP contribution in [0.2, 0.25) is 0 Å². The molecular weight excluding hydrogens is 723 g/mol. The Hall–Kier alpha value is -4.13. The summed E-state index contributed by atoms with van der Waals surface area (Å²) in [6.45, 7) is 16.8. The number of rotatable bonds is 3. The van der Waals surface area contributed by atoms with Crippen molar-refractivity contribution in [1.82, 2.24) is 24.3 Å². The van der Waals surface area contributed by atoms with Crippen molar-refractivity contribution in [2.24, 2.45) is 14.1 Å². The fourth-order valence-electron chi connectivity index (χ4n) is 4.71. The molecular formula is C36H40IrN7-3. The Morgan fingerprint density at radius 3 is 1.52 bits per heavy atom. The van der Waals surface area contributed by atoms with Gasteiger partial charge < -0.3 is 28.5 Å². The average Bonchev–Trinajstić information content (AvgIpc) is 3.68. The van der Waals surface area contributed by atoms with Gasteiger partial charge in [-0.1, -0.05) is 56.9 Å². The van der Waals surface area contributed by atoms with Gasteiger partial charge in [-0.05, 0) is 39.8 Å². The Morgan fingerprint density at radius 2 is 1.18 bits per heavy atom. The van der Waals surface area contributed by atoms with Crippen LogP contribution in [0.15, 0.2) is 60.9 Å². The first-order valence-electron chi connectivity index (χ1n) is 14.3. The van der Waals surface area contributed by atoms with E-state index < -0.39 is 0 Å². The number of benzene rings is 2. The Kier molecular flexibility index (Phi) is 11.7. The van der Waals surface area contributed by atoms with Crippen LogP contribution < -0.4 is 14.2 Å². The van der Waals surface area contributed by atoms with E-state index in [0.717, 1.165) is 22.8 Å². The Balaban J connectivity index is 0.000000181. The van der Waals surface area contributed by atoms with Gasteiger partial charge in [0.25, 0.3) is 0 Å². The van der Waals surface area contributed by atoms with Crippen LogP contribution in [-0.4, -0.2) is 19.2 Å². The third-order valence-electron chi connectivity index (χ3n) is 7.57. The fraction of sp³-hybridized carbons (Fsp3) is 0.278. The van der Waals surface area contributed by atoms with Crippen molar-refractivity contribution in [3.63, 3.8) is 0 Å². The molecule has 6 aromatic rings. The van der Waals surface area contributed by atoms with E-state index in [1.54, 1.807) is 12.4 Å². The SMILES string of the molecule is Cc1c[c-]c(-n2[c-][n+](C)c(C)c2C)c(C)c1.Cc1c[c-]c(-n2[c-][n+](C)c(C)c2C)c(C)c1.[Ir].c1ccc(-c2ccn[n-]2)nc1. The number of aromatic nitrogens is 7. The van der Waals surface area contributed by atoms with Crippen LogP contribution >= 0.6 is 0 Å². The molecule has 44 heavy (non-hydrogen) atoms. The second-order valence-electron chi connectivity index (χ2n) is 10.9. The molecule has 0 N–H and O–H groups in total. The molecule has 2 aromatic carbocycles. The maximum absolute atomic E-state index is 4.12. The van der Waals surface area contributed by atoms with Gasteiger partial charge >= 0.3 is 0 Å². The molecule has 0 bridgehead atoms. The topological polar surface area (TPSA) is 57.5 Å². The molecule has 4 aromatic heterocycles. The van der Waals surface area contributed by atoms with E-state index in [1.807, 2.05) is 59.6 Å². The summed E-state index contributed by atoms with van der Waals surface area (Å²) in [6.07, 6.45) is 9.98. The van der Waals surface area contributed by atoms with Gasteiger partial charge in [-0.25, -0.2) is 0 Å². The van der Waals surface area contributed by atoms with Crippen LogP contribution in [-0.2, 0) is 34.2 Å². The van der Waals surface area contributed by atoms with Gasteiger partial charge in [0.2, 0.25) is 12.7 Å². The van der Waals surface area contributed by atoms with Crippen molar-refractivity contribution >= 4 is 0 Å². The predicted molar refractivity (Wildman–Crippen MR) is 168 cm³/mol. The van der Waals surface area contributed by atoms with Crippen molar-refractivity contribution in [3.8, 4) is 22.8 Å². The summed E-state index contributed by atoms with van der Waals surface area (Å²) in [5.74, 6) is 0. The normalized spacial score (nSPS) is 10.3. The monoisotopic (exact) mass is 763 g/mol. The molecule has 4 heterocycles. The molecule has 7 nitrogen and oxygen atoms in total. The largest absolute Gasteiger partial charge is 0.574 e. The minimum atomic E-state index is 0. The number of hydrogen-bond donors (Lipinski definition) is 0. The van der Waals surface area contributed by atoms with E-state index in [9.17, 15) is 0 Å². The van der Waals surface area contributed by atoms with Crippen LogP contribution in [0.5, 0.6) is 0 Å². The smallest absolute Gasteiger partial charge is 0.241 e. The Bertz CT molecular complexity index is 1710. The molecule has 0 saturated heterocycles. The molecule has 6 rings (SSSR count). The van der Waals surface area contributed by atoms with Gasteiger partial charge in [0.15, 0.2) is 0 Å². The zero-order valence-electron chi connectivity index (χ0n) is 27.2. The molecule has 0 spiro atoms. The van der Waals surface area contributed by atoms with Crippen LogP contribution in [0.3, 0.4) is 0 Å². The summed E-state index contributed by atoms with van der Waals surface area (Å²) >= 11 is 0. The van der Waals surface area contributed by atoms with E-state index in [-0.39, 0.29) is 20.1 Å². The Morgan fingerprint density at radius 1 is 0.682 bits per heavy atom. The summed E-state index contributed by atoms with van der Waals surface area (Å²) in [7, 11) is 4.03. The van der Waals surface area contributed by atoms with E-state index in [0.29, 0.717) is 0 Å². The summed E-state index contributed by atoms with van der Waals surface area (Å²) < 4.78 is 8.18. The van der Waals surface area contributed by atoms with Crippen LogP contribution in [0.1, 0.15) is 45.0 Å². The molecule has 0 aliphatic carbocycles.